The molecule has 0 N–H and O–H groups in total. The largest absolute Gasteiger partial charge is 0.493 e. The minimum Gasteiger partial charge on any atom is -0.493 e. The molecule has 4 nitrogen and oxygen atoms in total. The van der Waals surface area contributed by atoms with Crippen molar-refractivity contribution < 1.29 is 4.74 Å². The Morgan fingerprint density at radius 1 is 0.958 bits per heavy atom. The van der Waals surface area contributed by atoms with Crippen LogP contribution >= 0.6 is 0 Å². The van der Waals surface area contributed by atoms with Gasteiger partial charge in [-0.05, 0) is 17.0 Å². The van der Waals surface area contributed by atoms with Gasteiger partial charge in [-0.3, -0.25) is 5.01 Å². The second kappa shape index (κ2) is 7.59. The van der Waals surface area contributed by atoms with E-state index in [0.29, 0.717) is 13.0 Å². The Hall–Kier alpha value is -2.88. The van der Waals surface area contributed by atoms with Crippen LogP contribution in [0, 0.1) is 4.91 Å². The maximum atomic E-state index is 11.0. The summed E-state index contributed by atoms with van der Waals surface area (Å²) >= 11 is 0. The standard InChI is InChI=1S/C20H20N2O2/c1-22(21-23)19(17-9-3-2-4-10-17)14-15-24-20-13-7-11-16-8-5-6-12-18(16)20/h2-13,19H,14-15H2,1H3/t19-/m0/s1. The number of ether oxygens (including phenoxy) is 1. The minimum absolute atomic E-state index is 0.0984. The molecule has 122 valence electrons. The highest BCUT2D eigenvalue weighted by Gasteiger charge is 2.17. The van der Waals surface area contributed by atoms with Gasteiger partial charge in [-0.1, -0.05) is 66.7 Å². The van der Waals surface area contributed by atoms with E-state index in [-0.39, 0.29) is 6.04 Å². The summed E-state index contributed by atoms with van der Waals surface area (Å²) < 4.78 is 6.00. The van der Waals surface area contributed by atoms with Crippen LogP contribution in [0.2, 0.25) is 0 Å². The van der Waals surface area contributed by atoms with Gasteiger partial charge in [0.15, 0.2) is 0 Å². The molecule has 0 heterocycles. The quantitative estimate of drug-likeness (QED) is 0.456. The first-order valence-electron chi connectivity index (χ1n) is 8.01. The van der Waals surface area contributed by atoms with Gasteiger partial charge in [0, 0.05) is 18.9 Å². The lowest BCUT2D eigenvalue weighted by Crippen LogP contribution is -2.21. The molecule has 1 atom stereocenters. The van der Waals surface area contributed by atoms with Crippen molar-refractivity contribution in [2.75, 3.05) is 13.7 Å². The molecule has 0 radical (unpaired) electrons. The predicted molar refractivity (Wildman–Crippen MR) is 96.8 cm³/mol. The van der Waals surface area contributed by atoms with Crippen molar-refractivity contribution in [3.05, 3.63) is 83.3 Å². The van der Waals surface area contributed by atoms with E-state index < -0.39 is 0 Å². The highest BCUT2D eigenvalue weighted by atomic mass is 16.5. The van der Waals surface area contributed by atoms with E-state index >= 15 is 0 Å². The van der Waals surface area contributed by atoms with Gasteiger partial charge in [-0.15, -0.1) is 4.91 Å². The lowest BCUT2D eigenvalue weighted by atomic mass is 10.0. The first-order valence-corrected chi connectivity index (χ1v) is 8.01. The average Bonchev–Trinajstić information content (AvgIpc) is 2.65. The molecular weight excluding hydrogens is 300 g/mol. The van der Waals surface area contributed by atoms with Crippen molar-refractivity contribution in [2.45, 2.75) is 12.5 Å². The second-order valence-corrected chi connectivity index (χ2v) is 5.70. The summed E-state index contributed by atoms with van der Waals surface area (Å²) in [5, 5.41) is 6.76. The molecule has 3 rings (SSSR count). The SMILES string of the molecule is CN(N=O)[C@@H](CCOc1cccc2ccccc12)c1ccccc1. The molecule has 0 fully saturated rings. The Morgan fingerprint density at radius 3 is 2.46 bits per heavy atom. The zero-order valence-corrected chi connectivity index (χ0v) is 13.6. The van der Waals surface area contributed by atoms with Gasteiger partial charge in [0.1, 0.15) is 5.75 Å². The van der Waals surface area contributed by atoms with Gasteiger partial charge in [0.05, 0.1) is 17.9 Å². The van der Waals surface area contributed by atoms with Crippen LogP contribution in [0.4, 0.5) is 0 Å². The van der Waals surface area contributed by atoms with Crippen LogP contribution in [0.25, 0.3) is 10.8 Å². The van der Waals surface area contributed by atoms with Crippen molar-refractivity contribution in [3.8, 4) is 5.75 Å². The zero-order chi connectivity index (χ0) is 16.8. The smallest absolute Gasteiger partial charge is 0.127 e. The Labute approximate surface area is 141 Å². The van der Waals surface area contributed by atoms with Gasteiger partial charge in [0.25, 0.3) is 0 Å². The Balaban J connectivity index is 1.72. The van der Waals surface area contributed by atoms with Crippen LogP contribution in [0.1, 0.15) is 18.0 Å². The molecule has 0 aromatic heterocycles. The molecule has 0 saturated heterocycles. The number of hydrogen-bond donors (Lipinski definition) is 0. The van der Waals surface area contributed by atoms with Crippen molar-refractivity contribution in [2.24, 2.45) is 5.29 Å². The van der Waals surface area contributed by atoms with Crippen LogP contribution in [-0.4, -0.2) is 18.7 Å². The third-order valence-electron chi connectivity index (χ3n) is 4.16. The van der Waals surface area contributed by atoms with Gasteiger partial charge in [-0.25, -0.2) is 0 Å². The molecule has 0 saturated carbocycles. The summed E-state index contributed by atoms with van der Waals surface area (Å²) in [5.41, 5.74) is 1.06. The molecule has 3 aromatic carbocycles. The number of hydrogen-bond acceptors (Lipinski definition) is 3. The first-order chi connectivity index (χ1) is 11.8. The molecular formula is C20H20N2O2. The number of nitroso groups, excluding NO2 is 1. The molecule has 0 unspecified atom stereocenters. The predicted octanol–water partition coefficient (Wildman–Crippen LogP) is 4.96. The van der Waals surface area contributed by atoms with E-state index in [1.807, 2.05) is 54.6 Å². The van der Waals surface area contributed by atoms with E-state index in [4.69, 9.17) is 4.74 Å². The van der Waals surface area contributed by atoms with E-state index in [1.54, 1.807) is 7.05 Å². The van der Waals surface area contributed by atoms with Gasteiger partial charge in [0.2, 0.25) is 0 Å². The van der Waals surface area contributed by atoms with Gasteiger partial charge < -0.3 is 4.74 Å². The lowest BCUT2D eigenvalue weighted by Gasteiger charge is -2.23. The highest BCUT2D eigenvalue weighted by Crippen LogP contribution is 2.27. The summed E-state index contributed by atoms with van der Waals surface area (Å²) in [5.74, 6) is 0.863. The molecule has 0 amide bonds. The number of fused-ring (bicyclic) bond motifs is 1. The monoisotopic (exact) mass is 320 g/mol. The Morgan fingerprint density at radius 2 is 1.67 bits per heavy atom. The third kappa shape index (κ3) is 3.54. The topological polar surface area (TPSA) is 41.9 Å². The molecule has 0 aliphatic carbocycles. The van der Waals surface area contributed by atoms with E-state index in [2.05, 4.69) is 23.5 Å². The van der Waals surface area contributed by atoms with Crippen LogP contribution in [-0.2, 0) is 0 Å². The number of rotatable bonds is 7. The molecule has 3 aromatic rings. The summed E-state index contributed by atoms with van der Waals surface area (Å²) in [6.45, 7) is 0.507. The molecule has 0 spiro atoms. The Bertz CT molecular complexity index is 800. The second-order valence-electron chi connectivity index (χ2n) is 5.70. The molecule has 24 heavy (non-hydrogen) atoms. The van der Waals surface area contributed by atoms with Crippen molar-refractivity contribution in [1.29, 1.82) is 0 Å². The fraction of sp³-hybridized carbons (Fsp3) is 0.200. The maximum absolute atomic E-state index is 11.0. The van der Waals surface area contributed by atoms with E-state index in [9.17, 15) is 4.91 Å². The summed E-state index contributed by atoms with van der Waals surface area (Å²) in [4.78, 5) is 11.0. The highest BCUT2D eigenvalue weighted by molar-refractivity contribution is 5.88. The van der Waals surface area contributed by atoms with Crippen LogP contribution < -0.4 is 4.74 Å². The fourth-order valence-corrected chi connectivity index (χ4v) is 2.90. The van der Waals surface area contributed by atoms with Crippen molar-refractivity contribution in [3.63, 3.8) is 0 Å². The zero-order valence-electron chi connectivity index (χ0n) is 13.6. The molecule has 4 heteroatoms. The minimum atomic E-state index is -0.0984. The Kier molecular flexibility index (Phi) is 5.06. The van der Waals surface area contributed by atoms with Gasteiger partial charge >= 0.3 is 0 Å². The van der Waals surface area contributed by atoms with Crippen LogP contribution in [0.15, 0.2) is 78.1 Å². The summed E-state index contributed by atoms with van der Waals surface area (Å²) in [7, 11) is 1.70. The molecule has 0 bridgehead atoms. The summed E-state index contributed by atoms with van der Waals surface area (Å²) in [6, 6.07) is 24.0. The van der Waals surface area contributed by atoms with Crippen LogP contribution in [0.3, 0.4) is 0 Å². The van der Waals surface area contributed by atoms with E-state index in [0.717, 1.165) is 22.1 Å². The lowest BCUT2D eigenvalue weighted by molar-refractivity contribution is 0.199. The first kappa shape index (κ1) is 16.0. The normalized spacial score (nSPS) is 11.9. The average molecular weight is 320 g/mol. The van der Waals surface area contributed by atoms with Crippen molar-refractivity contribution >= 4 is 10.8 Å². The molecule has 0 aliphatic heterocycles. The molecule has 0 aliphatic rings. The van der Waals surface area contributed by atoms with Crippen molar-refractivity contribution in [1.82, 2.24) is 5.01 Å². The van der Waals surface area contributed by atoms with E-state index in [1.165, 1.54) is 5.01 Å². The number of nitrogens with zero attached hydrogens (tertiary/aromatic N) is 2. The number of benzene rings is 3. The summed E-state index contributed by atoms with van der Waals surface area (Å²) in [6.07, 6.45) is 0.676. The fourth-order valence-electron chi connectivity index (χ4n) is 2.90. The van der Waals surface area contributed by atoms with Gasteiger partial charge in [-0.2, -0.15) is 0 Å². The van der Waals surface area contributed by atoms with Crippen LogP contribution in [0.5, 0.6) is 5.75 Å². The third-order valence-corrected chi connectivity index (χ3v) is 4.16. The maximum Gasteiger partial charge on any atom is 0.127 e.